The Morgan fingerprint density at radius 3 is 0.792 bits per heavy atom. The molecule has 0 spiro atoms. The van der Waals surface area contributed by atoms with E-state index in [1.165, 1.54) is 95.2 Å². The van der Waals surface area contributed by atoms with Gasteiger partial charge in [-0.25, -0.2) is 18.2 Å². The summed E-state index contributed by atoms with van der Waals surface area (Å²) in [6, 6.07) is 19.0. The van der Waals surface area contributed by atoms with Crippen molar-refractivity contribution in [1.29, 1.82) is 0 Å². The van der Waals surface area contributed by atoms with Crippen molar-refractivity contribution in [3.63, 3.8) is 0 Å². The smallest absolute Gasteiger partial charge is 1.00 e. The summed E-state index contributed by atoms with van der Waals surface area (Å²) in [5.41, 5.74) is 14.8. The van der Waals surface area contributed by atoms with Gasteiger partial charge in [0.2, 0.25) is 0 Å². The molecule has 0 fully saturated rings. The molecule has 264 valence electrons. The van der Waals surface area contributed by atoms with Gasteiger partial charge in [0.1, 0.15) is 0 Å². The van der Waals surface area contributed by atoms with Crippen LogP contribution in [-0.4, -0.2) is 24.2 Å². The molecule has 6 rings (SSSR count). The van der Waals surface area contributed by atoms with E-state index in [1.807, 2.05) is 0 Å². The minimum Gasteiger partial charge on any atom is -1.00 e. The molecule has 0 aromatic heterocycles. The quantitative estimate of drug-likeness (QED) is 0.264. The van der Waals surface area contributed by atoms with Crippen molar-refractivity contribution in [3.8, 4) is 0 Å². The molecule has 0 saturated carbocycles. The second kappa shape index (κ2) is 24.2. The van der Waals surface area contributed by atoms with Gasteiger partial charge < -0.3 is 37.2 Å². The van der Waals surface area contributed by atoms with Gasteiger partial charge in [-0.2, -0.15) is 68.3 Å². The van der Waals surface area contributed by atoms with Gasteiger partial charge in [0, 0.05) is 24.2 Å². The summed E-state index contributed by atoms with van der Waals surface area (Å²) in [6.07, 6.45) is 16.4. The van der Waals surface area contributed by atoms with E-state index in [4.69, 9.17) is 0 Å². The molecule has 0 bridgehead atoms. The Balaban J connectivity index is -0.000000596. The maximum absolute atomic E-state index is 2.48. The molecule has 0 N–H and O–H groups in total. The van der Waals surface area contributed by atoms with E-state index in [1.54, 1.807) is 50.1 Å². The Labute approximate surface area is 363 Å². The van der Waals surface area contributed by atoms with Crippen molar-refractivity contribution in [2.45, 2.75) is 154 Å². The fourth-order valence-electron chi connectivity index (χ4n) is 7.46. The molecule has 48 heavy (non-hydrogen) atoms. The van der Waals surface area contributed by atoms with Crippen molar-refractivity contribution in [2.24, 2.45) is 0 Å². The van der Waals surface area contributed by atoms with Crippen molar-refractivity contribution in [2.75, 3.05) is 0 Å². The first kappa shape index (κ1) is 54.1. The van der Waals surface area contributed by atoms with Crippen LogP contribution in [0.1, 0.15) is 88.6 Å². The van der Waals surface area contributed by atoms with Crippen molar-refractivity contribution >= 4 is 24.2 Å². The van der Waals surface area contributed by atoms with Gasteiger partial charge in [0.15, 0.2) is 0 Å². The summed E-state index contributed by atoms with van der Waals surface area (Å²) in [6.45, 7) is 22.1. The number of rotatable bonds is 6. The van der Waals surface area contributed by atoms with Gasteiger partial charge >= 0.3 is 65.2 Å². The van der Waals surface area contributed by atoms with Crippen molar-refractivity contribution in [1.82, 2.24) is 0 Å². The van der Waals surface area contributed by atoms with Crippen LogP contribution in [0.15, 0.2) is 36.4 Å². The van der Waals surface area contributed by atoms with Crippen molar-refractivity contribution in [3.05, 3.63) is 86.5 Å². The van der Waals surface area contributed by atoms with Crippen molar-refractivity contribution < 1.29 is 102 Å². The summed E-state index contributed by atoms with van der Waals surface area (Å²) >= 11 is 0. The molecule has 3 aromatic carbocycles. The molecule has 9 heteroatoms. The summed E-state index contributed by atoms with van der Waals surface area (Å²) in [7, 11) is -2.74. The molecule has 0 unspecified atom stereocenters. The molecule has 3 aliphatic rings. The van der Waals surface area contributed by atoms with E-state index in [2.05, 4.69) is 95.3 Å². The standard InChI is InChI=1S/3C13H21Si.3ClH.3Ti/c3*1-14(2,3)10-11-8-12-6-4-5-7-13(12)9-11;;;;;;/h3*8-9H,4-7,10H2,1-3H3;3*1H;;;/q3*-1;;;;3*+2/p-3. The second-order valence-corrected chi connectivity index (χ2v) is 34.0. The zero-order valence-corrected chi connectivity index (χ0v) is 41.7. The summed E-state index contributed by atoms with van der Waals surface area (Å²) < 4.78 is 0. The van der Waals surface area contributed by atoms with Crippen LogP contribution in [0.3, 0.4) is 0 Å². The third-order valence-corrected chi connectivity index (χ3v) is 13.4. The first-order chi connectivity index (χ1) is 19.6. The average molecular weight is 866 g/mol. The van der Waals surface area contributed by atoms with E-state index < -0.39 is 24.2 Å². The SMILES string of the molecule is C[Si](C)(C)Cc1cc2c([cH-]1)CCCC2.C[Si](C)(C)Cc1cc2c([cH-]1)CCCC2.C[Si](C)(C)Cc1cc2c([cH-]1)CCCC2.[Cl-].[Cl-].[Cl-].[Ti+2].[Ti+2].[Ti+2]. The van der Waals surface area contributed by atoms with Crippen LogP contribution in [0, 0.1) is 0 Å². The first-order valence-electron chi connectivity index (χ1n) is 17.5. The summed E-state index contributed by atoms with van der Waals surface area (Å²) in [5, 5.41) is 0. The predicted octanol–water partition coefficient (Wildman–Crippen LogP) is 2.12. The van der Waals surface area contributed by atoms with E-state index >= 15 is 0 Å². The van der Waals surface area contributed by atoms with Crippen LogP contribution in [0.5, 0.6) is 0 Å². The van der Waals surface area contributed by atoms with Crippen LogP contribution in [0.25, 0.3) is 0 Å². The predicted molar refractivity (Wildman–Crippen MR) is 197 cm³/mol. The van der Waals surface area contributed by atoms with Crippen LogP contribution < -0.4 is 37.2 Å². The summed E-state index contributed by atoms with van der Waals surface area (Å²) in [4.78, 5) is 0. The number of fused-ring (bicyclic) bond motifs is 3. The maximum atomic E-state index is 2.48. The number of hydrogen-bond donors (Lipinski definition) is 0. The van der Waals surface area contributed by atoms with Crippen LogP contribution in [-0.2, 0) is 122 Å². The van der Waals surface area contributed by atoms with Crippen LogP contribution >= 0.6 is 0 Å². The molecule has 0 aliphatic heterocycles. The topological polar surface area (TPSA) is 0 Å². The second-order valence-electron chi connectivity index (χ2n) is 17.6. The maximum Gasteiger partial charge on any atom is 2.00 e. The van der Waals surface area contributed by atoms with E-state index in [0.29, 0.717) is 0 Å². The Hall–Kier alpha value is 1.71. The minimum atomic E-state index is -0.913. The third kappa shape index (κ3) is 19.2. The monoisotopic (exact) mass is 864 g/mol. The molecule has 0 nitrogen and oxygen atoms in total. The van der Waals surface area contributed by atoms with Gasteiger partial charge in [-0.3, -0.25) is 0 Å². The fraction of sp³-hybridized carbons (Fsp3) is 0.615. The molecule has 3 aliphatic carbocycles. The van der Waals surface area contributed by atoms with Crippen LogP contribution in [0.2, 0.25) is 58.9 Å². The number of aryl methyl sites for hydroxylation is 6. The first-order valence-corrected chi connectivity index (χ1v) is 28.6. The third-order valence-electron chi connectivity index (χ3n) is 9.03. The Morgan fingerprint density at radius 2 is 0.604 bits per heavy atom. The van der Waals surface area contributed by atoms with Gasteiger partial charge in [-0.1, -0.05) is 154 Å². The fourth-order valence-corrected chi connectivity index (χ4v) is 11.7. The summed E-state index contributed by atoms with van der Waals surface area (Å²) in [5.74, 6) is 0. The number of hydrogen-bond acceptors (Lipinski definition) is 0. The van der Waals surface area contributed by atoms with E-state index in [-0.39, 0.29) is 102 Å². The Bertz CT molecular complexity index is 1060. The van der Waals surface area contributed by atoms with E-state index in [9.17, 15) is 0 Å². The minimum absolute atomic E-state index is 0. The molecular weight excluding hydrogens is 803 g/mol. The van der Waals surface area contributed by atoms with Crippen LogP contribution in [0.4, 0.5) is 0 Å². The van der Waals surface area contributed by atoms with Gasteiger partial charge in [0.25, 0.3) is 0 Å². The zero-order valence-electron chi connectivity index (χ0n) is 31.7. The molecule has 0 atom stereocenters. The Kier molecular flexibility index (Phi) is 27.2. The normalized spacial score (nSPS) is 14.7. The van der Waals surface area contributed by atoms with E-state index in [0.717, 1.165) is 0 Å². The molecule has 0 radical (unpaired) electrons. The van der Waals surface area contributed by atoms with Gasteiger partial charge in [-0.15, -0.1) is 0 Å². The molecule has 3 aromatic rings. The zero-order chi connectivity index (χ0) is 30.5. The molecule has 0 heterocycles. The van der Waals surface area contributed by atoms with Gasteiger partial charge in [-0.05, 0) is 0 Å². The van der Waals surface area contributed by atoms with Gasteiger partial charge in [0.05, 0.1) is 0 Å². The largest absolute Gasteiger partial charge is 2.00 e. The molecule has 0 saturated heterocycles. The average Bonchev–Trinajstić information content (AvgIpc) is 3.56. The Morgan fingerprint density at radius 1 is 0.396 bits per heavy atom. The molecule has 0 amide bonds. The molecular formula is C39H63Cl3Si3Ti3. The number of halogens is 3.